The zero-order valence-electron chi connectivity index (χ0n) is 11.4. The molecule has 1 aromatic rings. The summed E-state index contributed by atoms with van der Waals surface area (Å²) in [5.41, 5.74) is 0.0467. The number of amides is 1. The van der Waals surface area contributed by atoms with E-state index in [0.717, 1.165) is 19.3 Å². The van der Waals surface area contributed by atoms with E-state index in [4.69, 9.17) is 9.84 Å². The third-order valence-electron chi connectivity index (χ3n) is 2.90. The molecule has 0 spiro atoms. The molecule has 0 radical (unpaired) electrons. The summed E-state index contributed by atoms with van der Waals surface area (Å²) in [5, 5.41) is 8.66. The molecule has 0 saturated heterocycles. The number of methoxy groups -OCH3 is 1. The van der Waals surface area contributed by atoms with Crippen LogP contribution in [0.25, 0.3) is 0 Å². The Morgan fingerprint density at radius 2 is 2.11 bits per heavy atom. The first kappa shape index (κ1) is 15.4. The Labute approximate surface area is 112 Å². The molecule has 106 valence electrons. The second-order valence-corrected chi connectivity index (χ2v) is 4.36. The van der Waals surface area contributed by atoms with Gasteiger partial charge in [0, 0.05) is 26.3 Å². The van der Waals surface area contributed by atoms with Gasteiger partial charge in [0.05, 0.1) is 12.7 Å². The van der Waals surface area contributed by atoms with Crippen LogP contribution in [-0.2, 0) is 0 Å². The molecule has 19 heavy (non-hydrogen) atoms. The van der Waals surface area contributed by atoms with Crippen LogP contribution in [0.5, 0.6) is 5.75 Å². The van der Waals surface area contributed by atoms with Crippen LogP contribution in [0.4, 0.5) is 4.39 Å². The lowest BCUT2D eigenvalue weighted by Gasteiger charge is -2.17. The highest BCUT2D eigenvalue weighted by Crippen LogP contribution is 2.17. The van der Waals surface area contributed by atoms with Crippen molar-refractivity contribution in [2.75, 3.05) is 27.3 Å². The Morgan fingerprint density at radius 1 is 1.37 bits per heavy atom. The van der Waals surface area contributed by atoms with E-state index in [-0.39, 0.29) is 18.1 Å². The number of nitrogens with zero attached hydrogens (tertiary/aromatic N) is 1. The quantitative estimate of drug-likeness (QED) is 0.771. The van der Waals surface area contributed by atoms with Gasteiger partial charge in [-0.05, 0) is 31.4 Å². The molecule has 0 aromatic heterocycles. The second kappa shape index (κ2) is 7.74. The minimum absolute atomic E-state index is 0.0467. The molecule has 0 unspecified atom stereocenters. The first-order valence-corrected chi connectivity index (χ1v) is 6.30. The third-order valence-corrected chi connectivity index (χ3v) is 2.90. The predicted molar refractivity (Wildman–Crippen MR) is 70.8 cm³/mol. The SMILES string of the molecule is COc1ccc(C(=O)N(C)CCCCCO)c(F)c1. The van der Waals surface area contributed by atoms with Crippen molar-refractivity contribution >= 4 is 5.91 Å². The average molecular weight is 269 g/mol. The van der Waals surface area contributed by atoms with Crippen LogP contribution < -0.4 is 4.74 Å². The normalized spacial score (nSPS) is 10.3. The average Bonchev–Trinajstić information content (AvgIpc) is 2.42. The van der Waals surface area contributed by atoms with E-state index in [2.05, 4.69) is 0 Å². The number of ether oxygens (including phenoxy) is 1. The molecule has 0 fully saturated rings. The largest absolute Gasteiger partial charge is 0.497 e. The highest BCUT2D eigenvalue weighted by Gasteiger charge is 2.16. The van der Waals surface area contributed by atoms with Crippen LogP contribution in [0.15, 0.2) is 18.2 Å². The van der Waals surface area contributed by atoms with Gasteiger partial charge in [-0.25, -0.2) is 4.39 Å². The molecular formula is C14H20FNO3. The maximum atomic E-state index is 13.7. The molecule has 0 heterocycles. The van der Waals surface area contributed by atoms with Gasteiger partial charge >= 0.3 is 0 Å². The molecule has 0 aliphatic rings. The van der Waals surface area contributed by atoms with E-state index in [1.807, 2.05) is 0 Å². The maximum Gasteiger partial charge on any atom is 0.256 e. The van der Waals surface area contributed by atoms with Gasteiger partial charge in [-0.15, -0.1) is 0 Å². The van der Waals surface area contributed by atoms with Gasteiger partial charge < -0.3 is 14.7 Å². The van der Waals surface area contributed by atoms with E-state index in [0.29, 0.717) is 12.3 Å². The van der Waals surface area contributed by atoms with E-state index < -0.39 is 5.82 Å². The summed E-state index contributed by atoms with van der Waals surface area (Å²) in [6.45, 7) is 0.703. The van der Waals surface area contributed by atoms with Crippen molar-refractivity contribution in [2.24, 2.45) is 0 Å². The molecule has 1 aromatic carbocycles. The van der Waals surface area contributed by atoms with Crippen LogP contribution >= 0.6 is 0 Å². The lowest BCUT2D eigenvalue weighted by Crippen LogP contribution is -2.28. The number of carbonyl (C=O) groups is 1. The Balaban J connectivity index is 2.61. The van der Waals surface area contributed by atoms with Gasteiger partial charge in [-0.2, -0.15) is 0 Å². The fourth-order valence-corrected chi connectivity index (χ4v) is 1.74. The number of aliphatic hydroxyl groups excluding tert-OH is 1. The summed E-state index contributed by atoms with van der Waals surface area (Å²) in [7, 11) is 3.09. The lowest BCUT2D eigenvalue weighted by molar-refractivity contribution is 0.0787. The van der Waals surface area contributed by atoms with Crippen LogP contribution in [0.1, 0.15) is 29.6 Å². The molecule has 4 nitrogen and oxygen atoms in total. The Morgan fingerprint density at radius 3 is 2.68 bits per heavy atom. The number of aliphatic hydroxyl groups is 1. The topological polar surface area (TPSA) is 49.8 Å². The molecule has 1 N–H and O–H groups in total. The number of rotatable bonds is 7. The van der Waals surface area contributed by atoms with Gasteiger partial charge in [0.1, 0.15) is 11.6 Å². The van der Waals surface area contributed by atoms with Crippen molar-refractivity contribution < 1.29 is 19.0 Å². The minimum Gasteiger partial charge on any atom is -0.497 e. The molecule has 1 amide bonds. The number of halogens is 1. The highest BCUT2D eigenvalue weighted by atomic mass is 19.1. The Bertz CT molecular complexity index is 423. The van der Waals surface area contributed by atoms with Crippen LogP contribution in [-0.4, -0.2) is 43.2 Å². The summed E-state index contributed by atoms with van der Waals surface area (Å²) in [6.07, 6.45) is 2.36. The number of carbonyl (C=O) groups excluding carboxylic acids is 1. The van der Waals surface area contributed by atoms with Gasteiger partial charge in [-0.1, -0.05) is 0 Å². The van der Waals surface area contributed by atoms with Crippen LogP contribution in [0, 0.1) is 5.82 Å². The Kier molecular flexibility index (Phi) is 6.29. The molecule has 0 atom stereocenters. The summed E-state index contributed by atoms with van der Waals surface area (Å²) in [4.78, 5) is 13.5. The Hall–Kier alpha value is -1.62. The number of hydrogen-bond acceptors (Lipinski definition) is 3. The molecule has 5 heteroatoms. The molecular weight excluding hydrogens is 249 g/mol. The summed E-state index contributed by atoms with van der Waals surface area (Å²) >= 11 is 0. The first-order chi connectivity index (χ1) is 9.10. The second-order valence-electron chi connectivity index (χ2n) is 4.36. The summed E-state index contributed by atoms with van der Waals surface area (Å²) < 4.78 is 18.6. The van der Waals surface area contributed by atoms with Gasteiger partial charge in [0.15, 0.2) is 0 Å². The molecule has 0 bridgehead atoms. The van der Waals surface area contributed by atoms with Crippen LogP contribution in [0.3, 0.4) is 0 Å². The first-order valence-electron chi connectivity index (χ1n) is 6.30. The lowest BCUT2D eigenvalue weighted by atomic mass is 10.1. The maximum absolute atomic E-state index is 13.7. The molecule has 0 aliphatic carbocycles. The number of unbranched alkanes of at least 4 members (excludes halogenated alkanes) is 2. The minimum atomic E-state index is -0.577. The van der Waals surface area contributed by atoms with E-state index in [9.17, 15) is 9.18 Å². The third kappa shape index (κ3) is 4.52. The smallest absolute Gasteiger partial charge is 0.256 e. The zero-order chi connectivity index (χ0) is 14.3. The van der Waals surface area contributed by atoms with E-state index in [1.165, 1.54) is 24.1 Å². The summed E-state index contributed by atoms with van der Waals surface area (Å²) in [6, 6.07) is 4.20. The van der Waals surface area contributed by atoms with E-state index >= 15 is 0 Å². The van der Waals surface area contributed by atoms with Crippen molar-refractivity contribution in [3.8, 4) is 5.75 Å². The van der Waals surface area contributed by atoms with Crippen molar-refractivity contribution in [2.45, 2.75) is 19.3 Å². The standard InChI is InChI=1S/C14H20FNO3/c1-16(8-4-3-5-9-17)14(18)12-7-6-11(19-2)10-13(12)15/h6-7,10,17H,3-5,8-9H2,1-2H3. The van der Waals surface area contributed by atoms with Crippen molar-refractivity contribution in [1.82, 2.24) is 4.90 Å². The molecule has 0 saturated carbocycles. The zero-order valence-corrected chi connectivity index (χ0v) is 11.4. The van der Waals surface area contributed by atoms with Crippen molar-refractivity contribution in [3.63, 3.8) is 0 Å². The van der Waals surface area contributed by atoms with Gasteiger partial charge in [-0.3, -0.25) is 4.79 Å². The highest BCUT2D eigenvalue weighted by molar-refractivity contribution is 5.94. The monoisotopic (exact) mass is 269 g/mol. The van der Waals surface area contributed by atoms with Gasteiger partial charge in [0.25, 0.3) is 5.91 Å². The molecule has 1 rings (SSSR count). The molecule has 0 aliphatic heterocycles. The fourth-order valence-electron chi connectivity index (χ4n) is 1.74. The van der Waals surface area contributed by atoms with Gasteiger partial charge in [0.2, 0.25) is 0 Å². The van der Waals surface area contributed by atoms with Crippen LogP contribution in [0.2, 0.25) is 0 Å². The van der Waals surface area contributed by atoms with Crippen molar-refractivity contribution in [1.29, 1.82) is 0 Å². The summed E-state index contributed by atoms with van der Waals surface area (Å²) in [5.74, 6) is -0.532. The number of benzene rings is 1. The predicted octanol–water partition coefficient (Wildman–Crippen LogP) is 2.07. The van der Waals surface area contributed by atoms with E-state index in [1.54, 1.807) is 13.1 Å². The fraction of sp³-hybridized carbons (Fsp3) is 0.500. The van der Waals surface area contributed by atoms with Crippen molar-refractivity contribution in [3.05, 3.63) is 29.6 Å². The number of hydrogen-bond donors (Lipinski definition) is 1.